The van der Waals surface area contributed by atoms with E-state index < -0.39 is 23.7 Å². The third-order valence-electron chi connectivity index (χ3n) is 4.47. The fourth-order valence-corrected chi connectivity index (χ4v) is 3.02. The van der Waals surface area contributed by atoms with Crippen molar-refractivity contribution in [2.45, 2.75) is 20.8 Å². The van der Waals surface area contributed by atoms with Crippen LogP contribution in [0.3, 0.4) is 0 Å². The monoisotopic (exact) mass is 620 g/mol. The second-order valence-electron chi connectivity index (χ2n) is 7.84. The van der Waals surface area contributed by atoms with Gasteiger partial charge in [0.2, 0.25) is 0 Å². The molecule has 0 radical (unpaired) electrons. The van der Waals surface area contributed by atoms with E-state index >= 15 is 0 Å². The van der Waals surface area contributed by atoms with E-state index in [2.05, 4.69) is 9.97 Å². The summed E-state index contributed by atoms with van der Waals surface area (Å²) in [4.78, 5) is 35.8. The Labute approximate surface area is 251 Å². The number of aromatic hydroxyl groups is 2. The minimum absolute atomic E-state index is 0. The smallest absolute Gasteiger partial charge is 0.550 e. The molecule has 0 bridgehead atoms. The summed E-state index contributed by atoms with van der Waals surface area (Å²) in [6.45, 7) is 2.92. The number of halogens is 1. The van der Waals surface area contributed by atoms with Crippen LogP contribution >= 0.6 is 0 Å². The summed E-state index contributed by atoms with van der Waals surface area (Å²) < 4.78 is 18.8. The average molecular weight is 620 g/mol. The number of hydrogen-bond donors (Lipinski definition) is 2. The van der Waals surface area contributed by atoms with Crippen molar-refractivity contribution in [2.24, 2.45) is 0 Å². The van der Waals surface area contributed by atoms with Gasteiger partial charge in [-0.25, -0.2) is 14.4 Å². The van der Waals surface area contributed by atoms with Crippen LogP contribution in [0.25, 0.3) is 33.9 Å². The molecule has 42 heavy (non-hydrogen) atoms. The summed E-state index contributed by atoms with van der Waals surface area (Å²) in [5.41, 5.74) is 2.94. The number of phenolic OH excluding ortho intramolecular Hbond substituents is 2. The van der Waals surface area contributed by atoms with E-state index in [9.17, 15) is 14.6 Å². The van der Waals surface area contributed by atoms with Crippen LogP contribution in [0, 0.1) is 5.82 Å². The number of hydrogen-bond acceptors (Lipinski definition) is 11. The van der Waals surface area contributed by atoms with Gasteiger partial charge in [0.15, 0.2) is 0 Å². The van der Waals surface area contributed by atoms with E-state index in [1.54, 1.807) is 55.6 Å². The Morgan fingerprint density at radius 3 is 1.43 bits per heavy atom. The minimum atomic E-state index is -1.08. The van der Waals surface area contributed by atoms with Gasteiger partial charge in [-0.2, -0.15) is 0 Å². The summed E-state index contributed by atoms with van der Waals surface area (Å²) in [5, 5.41) is 46.9. The zero-order valence-corrected chi connectivity index (χ0v) is 24.0. The quantitative estimate of drug-likeness (QED) is 0.312. The fraction of sp³-hybridized carbons (Fsp3) is 0.138. The second-order valence-corrected chi connectivity index (χ2v) is 7.84. The van der Waals surface area contributed by atoms with E-state index in [0.717, 1.165) is 20.8 Å². The van der Waals surface area contributed by atoms with E-state index in [1.165, 1.54) is 18.2 Å². The predicted molar refractivity (Wildman–Crippen MR) is 140 cm³/mol. The van der Waals surface area contributed by atoms with Crippen LogP contribution < -0.4 is 20.1 Å². The summed E-state index contributed by atoms with van der Waals surface area (Å²) >= 11 is 0. The molecule has 0 saturated heterocycles. The Kier molecular flexibility index (Phi) is 16.2. The molecule has 0 fully saturated rings. The molecule has 0 aliphatic heterocycles. The normalized spacial score (nSPS) is 9.17. The molecule has 2 N–H and O–H groups in total. The fourth-order valence-electron chi connectivity index (χ4n) is 3.02. The molecule has 2 aromatic heterocycles. The molecule has 2 heterocycles. The molecular weight excluding hydrogens is 594 g/mol. The summed E-state index contributed by atoms with van der Waals surface area (Å²) in [5.74, 6) is -3.08. The van der Waals surface area contributed by atoms with Crippen LogP contribution in [0.4, 0.5) is 4.39 Å². The number of aliphatic carboxylic acids is 3. The van der Waals surface area contributed by atoms with Gasteiger partial charge in [0.1, 0.15) is 23.1 Å². The van der Waals surface area contributed by atoms with Crippen molar-refractivity contribution in [1.29, 1.82) is 0 Å². The predicted octanol–water partition coefficient (Wildman–Crippen LogP) is 1.30. The van der Waals surface area contributed by atoms with Crippen molar-refractivity contribution in [3.63, 3.8) is 0 Å². The molecular formula is C29H26FMnN2O9. The van der Waals surface area contributed by atoms with Crippen molar-refractivity contribution in [3.8, 4) is 51.2 Å². The van der Waals surface area contributed by atoms with Crippen molar-refractivity contribution in [3.05, 3.63) is 78.6 Å². The second kappa shape index (κ2) is 18.4. The Morgan fingerprint density at radius 1 is 0.667 bits per heavy atom. The number of ether oxygens (including phenoxy) is 1. The SMILES string of the molecule is CC(=O)[O-].CC(=O)[O-].CC(=O)[O-].COc1ccc(O)c(-c2cccc(-c3cccc(-c4cc(F)ccc4O)n3)n2)c1.[Mn+3]. The maximum Gasteiger partial charge on any atom is 3.00 e. The number of aromatic nitrogens is 2. The van der Waals surface area contributed by atoms with Crippen LogP contribution in [0.15, 0.2) is 72.8 Å². The van der Waals surface area contributed by atoms with Crippen molar-refractivity contribution in [2.75, 3.05) is 7.11 Å². The van der Waals surface area contributed by atoms with E-state index in [1.807, 2.05) is 6.07 Å². The van der Waals surface area contributed by atoms with Gasteiger partial charge in [0.25, 0.3) is 0 Å². The summed E-state index contributed by atoms with van der Waals surface area (Å²) in [6.07, 6.45) is 0. The number of carbonyl (C=O) groups excluding carboxylic acids is 3. The molecule has 220 valence electrons. The Hall–Kier alpha value is -5.00. The molecule has 0 saturated carbocycles. The molecule has 0 unspecified atom stereocenters. The van der Waals surface area contributed by atoms with Crippen LogP contribution in [0.5, 0.6) is 17.2 Å². The van der Waals surface area contributed by atoms with E-state index in [0.29, 0.717) is 39.7 Å². The zero-order chi connectivity index (χ0) is 31.1. The van der Waals surface area contributed by atoms with Crippen molar-refractivity contribution >= 4 is 17.9 Å². The number of methoxy groups -OCH3 is 1. The zero-order valence-electron chi connectivity index (χ0n) is 22.8. The number of rotatable bonds is 4. The first-order valence-corrected chi connectivity index (χ1v) is 11.6. The number of phenols is 2. The molecule has 13 heteroatoms. The molecule has 4 aromatic rings. The average Bonchev–Trinajstić information content (AvgIpc) is 2.89. The number of carboxylic acids is 3. The van der Waals surface area contributed by atoms with Gasteiger partial charge in [-0.1, -0.05) is 12.1 Å². The first kappa shape index (κ1) is 37.0. The standard InChI is InChI=1S/C23H17FN2O3.3C2H4O2.Mn/c1-29-15-9-11-23(28)17(13-15)19-5-3-7-21(26-19)20-6-2-4-18(25-20)16-12-14(24)8-10-22(16)27;3*1-2(3)4;/h2-13,27-28H,1H3;3*1H3,(H,3,4);/q;;;;+3/p-3. The van der Waals surface area contributed by atoms with Crippen LogP contribution in [0.2, 0.25) is 0 Å². The van der Waals surface area contributed by atoms with Gasteiger partial charge < -0.3 is 44.7 Å². The maximum atomic E-state index is 13.6. The van der Waals surface area contributed by atoms with Gasteiger partial charge >= 0.3 is 17.1 Å². The number of nitrogens with zero attached hydrogens (tertiary/aromatic N) is 2. The molecule has 2 aromatic carbocycles. The first-order chi connectivity index (χ1) is 19.2. The van der Waals surface area contributed by atoms with Crippen molar-refractivity contribution in [1.82, 2.24) is 9.97 Å². The number of carbonyl (C=O) groups is 3. The molecule has 4 rings (SSSR count). The molecule has 0 amide bonds. The third kappa shape index (κ3) is 13.4. The molecule has 11 nitrogen and oxygen atoms in total. The van der Waals surface area contributed by atoms with Gasteiger partial charge in [-0.3, -0.25) is 0 Å². The third-order valence-corrected chi connectivity index (χ3v) is 4.47. The number of carboxylic acid groups (broad SMARTS) is 3. The Balaban J connectivity index is 0.00000111. The van der Waals surface area contributed by atoms with Crippen molar-refractivity contribution < 1.29 is 66.1 Å². The largest absolute Gasteiger partial charge is 3.00 e. The van der Waals surface area contributed by atoms with Gasteiger partial charge in [0.05, 0.1) is 29.9 Å². The first-order valence-electron chi connectivity index (χ1n) is 11.6. The van der Waals surface area contributed by atoms with Gasteiger partial charge in [-0.05, 0) is 81.4 Å². The van der Waals surface area contributed by atoms with Gasteiger partial charge in [-0.15, -0.1) is 0 Å². The van der Waals surface area contributed by atoms with E-state index in [-0.39, 0.29) is 28.6 Å². The van der Waals surface area contributed by atoms with Crippen LogP contribution in [-0.2, 0) is 31.5 Å². The summed E-state index contributed by atoms with van der Waals surface area (Å²) in [7, 11) is 1.55. The summed E-state index contributed by atoms with van der Waals surface area (Å²) in [6, 6.07) is 19.2. The van der Waals surface area contributed by atoms with Crippen LogP contribution in [0.1, 0.15) is 20.8 Å². The maximum absolute atomic E-state index is 13.6. The number of benzene rings is 2. The Morgan fingerprint density at radius 2 is 1.02 bits per heavy atom. The van der Waals surface area contributed by atoms with Gasteiger partial charge in [0, 0.05) is 29.0 Å². The molecule has 0 aliphatic rings. The topological polar surface area (TPSA) is 196 Å². The molecule has 0 spiro atoms. The number of pyridine rings is 2. The minimum Gasteiger partial charge on any atom is -0.550 e. The van der Waals surface area contributed by atoms with E-state index in [4.69, 9.17) is 34.4 Å². The molecule has 0 atom stereocenters. The van der Waals surface area contributed by atoms with Crippen LogP contribution in [-0.4, -0.2) is 45.2 Å². The molecule has 0 aliphatic carbocycles. The Bertz CT molecular complexity index is 1460.